The molecule has 2 aliphatic rings. The summed E-state index contributed by atoms with van der Waals surface area (Å²) >= 11 is 0. The first-order valence-corrected chi connectivity index (χ1v) is 6.19. The molecule has 17 heavy (non-hydrogen) atoms. The molecule has 3 atom stereocenters. The molecule has 1 amide bonds. The Kier molecular flexibility index (Phi) is 2.67. The first kappa shape index (κ1) is 10.5. The summed E-state index contributed by atoms with van der Waals surface area (Å²) in [5, 5.41) is 2.99. The number of nitrogens with zero attached hydrogens (tertiary/aromatic N) is 1. The van der Waals surface area contributed by atoms with Gasteiger partial charge in [-0.25, -0.2) is 0 Å². The van der Waals surface area contributed by atoms with Crippen molar-refractivity contribution in [2.45, 2.75) is 19.4 Å². The number of allylic oxidation sites excluding steroid dienone is 2. The van der Waals surface area contributed by atoms with Gasteiger partial charge in [0.25, 0.3) is 0 Å². The summed E-state index contributed by atoms with van der Waals surface area (Å²) in [5.74, 6) is 1.50. The summed E-state index contributed by atoms with van der Waals surface area (Å²) in [6.07, 6.45) is 8.41. The minimum absolute atomic E-state index is 0.188. The third-order valence-electron chi connectivity index (χ3n) is 3.79. The molecule has 3 unspecified atom stereocenters. The van der Waals surface area contributed by atoms with Crippen LogP contribution in [0.1, 0.15) is 18.5 Å². The molecule has 3 rings (SSSR count). The number of pyridine rings is 1. The number of rotatable bonds is 3. The van der Waals surface area contributed by atoms with Gasteiger partial charge in [0.2, 0.25) is 5.91 Å². The maximum Gasteiger partial charge on any atom is 0.224 e. The summed E-state index contributed by atoms with van der Waals surface area (Å²) in [6, 6.07) is 5.75. The zero-order chi connectivity index (χ0) is 11.7. The second-order valence-electron chi connectivity index (χ2n) is 4.93. The van der Waals surface area contributed by atoms with Gasteiger partial charge in [0.1, 0.15) is 0 Å². The number of carbonyl (C=O) groups is 1. The number of aromatic nitrogens is 1. The standard InChI is InChI=1S/C14H16N2O/c17-14(13-8-10-4-5-11(13)7-10)16-9-12-3-1-2-6-15-12/h1-6,10-11,13H,7-9H2,(H,16,17). The van der Waals surface area contributed by atoms with E-state index in [0.29, 0.717) is 18.4 Å². The van der Waals surface area contributed by atoms with Gasteiger partial charge in [-0.15, -0.1) is 0 Å². The van der Waals surface area contributed by atoms with Crippen molar-refractivity contribution in [3.63, 3.8) is 0 Å². The Morgan fingerprint density at radius 1 is 1.35 bits per heavy atom. The number of hydrogen-bond acceptors (Lipinski definition) is 2. The SMILES string of the molecule is O=C(NCc1ccccn1)C1CC2C=CC1C2. The van der Waals surface area contributed by atoms with Crippen LogP contribution in [0.15, 0.2) is 36.5 Å². The molecule has 1 N–H and O–H groups in total. The van der Waals surface area contributed by atoms with E-state index in [1.807, 2.05) is 18.2 Å². The Labute approximate surface area is 101 Å². The molecule has 0 aliphatic heterocycles. The summed E-state index contributed by atoms with van der Waals surface area (Å²) in [5.41, 5.74) is 0.916. The van der Waals surface area contributed by atoms with Gasteiger partial charge in [0.15, 0.2) is 0 Å². The number of amides is 1. The Hall–Kier alpha value is -1.64. The van der Waals surface area contributed by atoms with Gasteiger partial charge in [-0.1, -0.05) is 18.2 Å². The monoisotopic (exact) mass is 228 g/mol. The van der Waals surface area contributed by atoms with Crippen LogP contribution in [0.2, 0.25) is 0 Å². The molecule has 0 spiro atoms. The molecule has 2 bridgehead atoms. The van der Waals surface area contributed by atoms with Gasteiger partial charge in [-0.3, -0.25) is 9.78 Å². The minimum Gasteiger partial charge on any atom is -0.350 e. The fraction of sp³-hybridized carbons (Fsp3) is 0.429. The van der Waals surface area contributed by atoms with E-state index in [2.05, 4.69) is 22.5 Å². The molecule has 3 nitrogen and oxygen atoms in total. The predicted molar refractivity (Wildman–Crippen MR) is 64.9 cm³/mol. The smallest absolute Gasteiger partial charge is 0.224 e. The van der Waals surface area contributed by atoms with E-state index in [9.17, 15) is 4.79 Å². The van der Waals surface area contributed by atoms with Gasteiger partial charge >= 0.3 is 0 Å². The lowest BCUT2D eigenvalue weighted by Crippen LogP contribution is -2.32. The highest BCUT2D eigenvalue weighted by atomic mass is 16.1. The highest BCUT2D eigenvalue weighted by Gasteiger charge is 2.39. The van der Waals surface area contributed by atoms with E-state index in [1.54, 1.807) is 6.20 Å². The van der Waals surface area contributed by atoms with Crippen LogP contribution in [0.3, 0.4) is 0 Å². The van der Waals surface area contributed by atoms with Gasteiger partial charge in [-0.05, 0) is 36.8 Å². The highest BCUT2D eigenvalue weighted by molar-refractivity contribution is 5.79. The Morgan fingerprint density at radius 2 is 2.29 bits per heavy atom. The van der Waals surface area contributed by atoms with E-state index in [0.717, 1.165) is 12.1 Å². The number of carbonyl (C=O) groups excluding carboxylic acids is 1. The van der Waals surface area contributed by atoms with Gasteiger partial charge in [0, 0.05) is 12.1 Å². The molecule has 1 saturated carbocycles. The number of hydrogen-bond donors (Lipinski definition) is 1. The van der Waals surface area contributed by atoms with Crippen LogP contribution in [0, 0.1) is 17.8 Å². The van der Waals surface area contributed by atoms with Crippen LogP contribution >= 0.6 is 0 Å². The first-order chi connectivity index (χ1) is 8.33. The summed E-state index contributed by atoms with van der Waals surface area (Å²) < 4.78 is 0. The molecular weight excluding hydrogens is 212 g/mol. The Morgan fingerprint density at radius 3 is 2.94 bits per heavy atom. The van der Waals surface area contributed by atoms with Crippen molar-refractivity contribution in [1.82, 2.24) is 10.3 Å². The zero-order valence-electron chi connectivity index (χ0n) is 9.67. The van der Waals surface area contributed by atoms with Crippen molar-refractivity contribution in [3.05, 3.63) is 42.2 Å². The lowest BCUT2D eigenvalue weighted by atomic mass is 9.93. The van der Waals surface area contributed by atoms with Crippen molar-refractivity contribution in [1.29, 1.82) is 0 Å². The summed E-state index contributed by atoms with van der Waals surface area (Å²) in [6.45, 7) is 0.539. The molecule has 1 aromatic heterocycles. The Bertz CT molecular complexity index is 441. The van der Waals surface area contributed by atoms with Gasteiger partial charge < -0.3 is 5.32 Å². The molecule has 0 radical (unpaired) electrons. The van der Waals surface area contributed by atoms with Crippen LogP contribution in [-0.4, -0.2) is 10.9 Å². The van der Waals surface area contributed by atoms with Crippen LogP contribution in [-0.2, 0) is 11.3 Å². The maximum absolute atomic E-state index is 12.0. The highest BCUT2D eigenvalue weighted by Crippen LogP contribution is 2.43. The first-order valence-electron chi connectivity index (χ1n) is 6.19. The lowest BCUT2D eigenvalue weighted by Gasteiger charge is -2.17. The van der Waals surface area contributed by atoms with Gasteiger partial charge in [0.05, 0.1) is 12.2 Å². The number of nitrogens with one attached hydrogen (secondary N) is 1. The molecule has 0 saturated heterocycles. The molecule has 0 aromatic carbocycles. The fourth-order valence-electron chi connectivity index (χ4n) is 2.89. The fourth-order valence-corrected chi connectivity index (χ4v) is 2.89. The normalized spacial score (nSPS) is 29.5. The quantitative estimate of drug-likeness (QED) is 0.803. The van der Waals surface area contributed by atoms with Crippen molar-refractivity contribution in [2.75, 3.05) is 0 Å². The molecule has 1 heterocycles. The topological polar surface area (TPSA) is 42.0 Å². The predicted octanol–water partition coefficient (Wildman–Crippen LogP) is 1.91. The average Bonchev–Trinajstić information content (AvgIpc) is 2.99. The van der Waals surface area contributed by atoms with E-state index in [-0.39, 0.29) is 11.8 Å². The molecule has 1 aromatic rings. The minimum atomic E-state index is 0.188. The van der Waals surface area contributed by atoms with Crippen molar-refractivity contribution in [3.8, 4) is 0 Å². The zero-order valence-corrected chi connectivity index (χ0v) is 9.67. The second kappa shape index (κ2) is 4.32. The van der Waals surface area contributed by atoms with E-state index in [4.69, 9.17) is 0 Å². The van der Waals surface area contributed by atoms with Crippen molar-refractivity contribution >= 4 is 5.91 Å². The van der Waals surface area contributed by atoms with Crippen molar-refractivity contribution in [2.24, 2.45) is 17.8 Å². The molecule has 88 valence electrons. The number of fused-ring (bicyclic) bond motifs is 2. The van der Waals surface area contributed by atoms with E-state index < -0.39 is 0 Å². The maximum atomic E-state index is 12.0. The largest absolute Gasteiger partial charge is 0.350 e. The third-order valence-corrected chi connectivity index (χ3v) is 3.79. The third kappa shape index (κ3) is 2.09. The molecular formula is C14H16N2O. The Balaban J connectivity index is 1.56. The average molecular weight is 228 g/mol. The molecule has 3 heteroatoms. The van der Waals surface area contributed by atoms with Crippen molar-refractivity contribution < 1.29 is 4.79 Å². The lowest BCUT2D eigenvalue weighted by molar-refractivity contribution is -0.125. The molecule has 2 aliphatic carbocycles. The van der Waals surface area contributed by atoms with E-state index in [1.165, 1.54) is 6.42 Å². The van der Waals surface area contributed by atoms with Crippen LogP contribution in [0.5, 0.6) is 0 Å². The van der Waals surface area contributed by atoms with E-state index >= 15 is 0 Å². The summed E-state index contributed by atoms with van der Waals surface area (Å²) in [7, 11) is 0. The van der Waals surface area contributed by atoms with Crippen LogP contribution in [0.4, 0.5) is 0 Å². The molecule has 1 fully saturated rings. The van der Waals surface area contributed by atoms with Gasteiger partial charge in [-0.2, -0.15) is 0 Å². The second-order valence-corrected chi connectivity index (χ2v) is 4.93. The van der Waals surface area contributed by atoms with Crippen LogP contribution < -0.4 is 5.32 Å². The van der Waals surface area contributed by atoms with Crippen LogP contribution in [0.25, 0.3) is 0 Å². The summed E-state index contributed by atoms with van der Waals surface area (Å²) in [4.78, 5) is 16.2.